The molecule has 4 nitrogen and oxygen atoms in total. The lowest BCUT2D eigenvalue weighted by molar-refractivity contribution is -0.137. The third kappa shape index (κ3) is 4.75. The van der Waals surface area contributed by atoms with E-state index in [1.807, 2.05) is 6.92 Å². The van der Waals surface area contributed by atoms with E-state index in [4.69, 9.17) is 16.7 Å². The van der Waals surface area contributed by atoms with Crippen LogP contribution in [-0.2, 0) is 4.79 Å². The highest BCUT2D eigenvalue weighted by atomic mass is 35.5. The molecular formula is C13H16ClNO3. The third-order valence-electron chi connectivity index (χ3n) is 2.52. The second-order valence-electron chi connectivity index (χ2n) is 4.07. The van der Waals surface area contributed by atoms with Crippen molar-refractivity contribution in [2.24, 2.45) is 0 Å². The Labute approximate surface area is 111 Å². The fourth-order valence-corrected chi connectivity index (χ4v) is 1.61. The molecule has 0 bridgehead atoms. The molecule has 18 heavy (non-hydrogen) atoms. The molecule has 98 valence electrons. The van der Waals surface area contributed by atoms with Crippen molar-refractivity contribution in [2.45, 2.75) is 26.2 Å². The van der Waals surface area contributed by atoms with Gasteiger partial charge in [-0.15, -0.1) is 0 Å². The summed E-state index contributed by atoms with van der Waals surface area (Å²) >= 11 is 5.87. The average molecular weight is 270 g/mol. The summed E-state index contributed by atoms with van der Waals surface area (Å²) < 4.78 is 0. The van der Waals surface area contributed by atoms with E-state index in [9.17, 15) is 9.59 Å². The maximum Gasteiger partial charge on any atom is 0.303 e. The Hall–Kier alpha value is -1.55. The number of unbranched alkanes of at least 4 members (excludes halogenated alkanes) is 1. The average Bonchev–Trinajstić information content (AvgIpc) is 2.31. The minimum atomic E-state index is -0.811. The second-order valence-corrected chi connectivity index (χ2v) is 4.48. The number of hydrogen-bond donors (Lipinski definition) is 2. The largest absolute Gasteiger partial charge is 0.481 e. The lowest BCUT2D eigenvalue weighted by atomic mass is 10.1. The van der Waals surface area contributed by atoms with Crippen LogP contribution < -0.4 is 5.32 Å². The van der Waals surface area contributed by atoms with Gasteiger partial charge in [-0.05, 0) is 43.5 Å². The topological polar surface area (TPSA) is 66.4 Å². The van der Waals surface area contributed by atoms with Crippen molar-refractivity contribution in [1.29, 1.82) is 0 Å². The van der Waals surface area contributed by atoms with Crippen molar-refractivity contribution in [3.63, 3.8) is 0 Å². The van der Waals surface area contributed by atoms with Crippen LogP contribution in [0, 0.1) is 6.92 Å². The zero-order valence-corrected chi connectivity index (χ0v) is 11.0. The van der Waals surface area contributed by atoms with Crippen molar-refractivity contribution in [3.8, 4) is 0 Å². The molecule has 0 atom stereocenters. The van der Waals surface area contributed by atoms with Gasteiger partial charge in [-0.25, -0.2) is 0 Å². The molecule has 0 saturated heterocycles. The zero-order chi connectivity index (χ0) is 13.5. The van der Waals surface area contributed by atoms with E-state index in [2.05, 4.69) is 5.32 Å². The van der Waals surface area contributed by atoms with E-state index >= 15 is 0 Å². The first-order chi connectivity index (χ1) is 8.50. The fraction of sp³-hybridized carbons (Fsp3) is 0.385. The zero-order valence-electron chi connectivity index (χ0n) is 10.2. The van der Waals surface area contributed by atoms with Crippen LogP contribution in [0.2, 0.25) is 5.02 Å². The predicted molar refractivity (Wildman–Crippen MR) is 70.0 cm³/mol. The van der Waals surface area contributed by atoms with E-state index in [0.717, 1.165) is 5.56 Å². The van der Waals surface area contributed by atoms with Crippen molar-refractivity contribution < 1.29 is 14.7 Å². The summed E-state index contributed by atoms with van der Waals surface area (Å²) in [6.45, 7) is 2.32. The molecule has 0 fully saturated rings. The first kappa shape index (κ1) is 14.5. The Bertz CT molecular complexity index is 446. The van der Waals surface area contributed by atoms with Crippen LogP contribution in [0.1, 0.15) is 35.2 Å². The number of nitrogens with one attached hydrogen (secondary N) is 1. The quantitative estimate of drug-likeness (QED) is 0.780. The molecule has 0 aliphatic carbocycles. The first-order valence-electron chi connectivity index (χ1n) is 5.77. The van der Waals surface area contributed by atoms with Gasteiger partial charge in [-0.3, -0.25) is 9.59 Å². The van der Waals surface area contributed by atoms with Gasteiger partial charge in [0.1, 0.15) is 0 Å². The summed E-state index contributed by atoms with van der Waals surface area (Å²) in [6, 6.07) is 5.09. The molecule has 0 radical (unpaired) electrons. The fourth-order valence-electron chi connectivity index (χ4n) is 1.49. The molecule has 0 saturated carbocycles. The summed E-state index contributed by atoms with van der Waals surface area (Å²) in [5.74, 6) is -0.972. The number of hydrogen-bond acceptors (Lipinski definition) is 2. The maximum absolute atomic E-state index is 11.7. The predicted octanol–water partition coefficient (Wildman–Crippen LogP) is 2.63. The monoisotopic (exact) mass is 269 g/mol. The highest BCUT2D eigenvalue weighted by molar-refractivity contribution is 6.31. The number of benzene rings is 1. The van der Waals surface area contributed by atoms with Gasteiger partial charge in [0.15, 0.2) is 0 Å². The Balaban J connectivity index is 2.36. The molecule has 0 aromatic heterocycles. The van der Waals surface area contributed by atoms with Gasteiger partial charge in [0.2, 0.25) is 0 Å². The lowest BCUT2D eigenvalue weighted by Gasteiger charge is -2.06. The Morgan fingerprint density at radius 1 is 1.33 bits per heavy atom. The highest BCUT2D eigenvalue weighted by Crippen LogP contribution is 2.16. The smallest absolute Gasteiger partial charge is 0.303 e. The van der Waals surface area contributed by atoms with Crippen LogP contribution in [0.5, 0.6) is 0 Å². The van der Waals surface area contributed by atoms with E-state index in [0.29, 0.717) is 30.0 Å². The summed E-state index contributed by atoms with van der Waals surface area (Å²) in [4.78, 5) is 22.0. The molecule has 0 aliphatic rings. The Morgan fingerprint density at radius 3 is 2.67 bits per heavy atom. The van der Waals surface area contributed by atoms with Crippen LogP contribution in [0.15, 0.2) is 18.2 Å². The van der Waals surface area contributed by atoms with Crippen LogP contribution in [0.4, 0.5) is 0 Å². The van der Waals surface area contributed by atoms with Crippen LogP contribution in [0.25, 0.3) is 0 Å². The molecule has 0 aliphatic heterocycles. The van der Waals surface area contributed by atoms with E-state index < -0.39 is 5.97 Å². The second kappa shape index (κ2) is 7.01. The number of carboxylic acid groups (broad SMARTS) is 1. The van der Waals surface area contributed by atoms with Gasteiger partial charge in [-0.1, -0.05) is 11.6 Å². The molecular weight excluding hydrogens is 254 g/mol. The minimum absolute atomic E-state index is 0.135. The molecule has 0 heterocycles. The number of amides is 1. The number of aliphatic carboxylic acids is 1. The van der Waals surface area contributed by atoms with Gasteiger partial charge in [0.05, 0.1) is 0 Å². The van der Waals surface area contributed by atoms with E-state index in [1.165, 1.54) is 0 Å². The molecule has 1 amide bonds. The van der Waals surface area contributed by atoms with Crippen LogP contribution in [0.3, 0.4) is 0 Å². The van der Waals surface area contributed by atoms with Gasteiger partial charge in [0.25, 0.3) is 5.91 Å². The number of aryl methyl sites for hydroxylation is 1. The summed E-state index contributed by atoms with van der Waals surface area (Å²) in [7, 11) is 0. The normalized spacial score (nSPS) is 10.1. The van der Waals surface area contributed by atoms with Gasteiger partial charge < -0.3 is 10.4 Å². The summed E-state index contributed by atoms with van der Waals surface area (Å²) in [5, 5.41) is 11.8. The van der Waals surface area contributed by atoms with Gasteiger partial charge >= 0.3 is 5.97 Å². The molecule has 5 heteroatoms. The van der Waals surface area contributed by atoms with E-state index in [1.54, 1.807) is 18.2 Å². The number of rotatable bonds is 6. The Morgan fingerprint density at radius 2 is 2.06 bits per heavy atom. The standard InChI is InChI=1S/C13H16ClNO3/c1-9-8-10(5-6-11(9)14)13(18)15-7-3-2-4-12(16)17/h5-6,8H,2-4,7H2,1H3,(H,15,18)(H,16,17). The number of halogens is 1. The molecule has 2 N–H and O–H groups in total. The lowest BCUT2D eigenvalue weighted by Crippen LogP contribution is -2.24. The SMILES string of the molecule is Cc1cc(C(=O)NCCCCC(=O)O)ccc1Cl. The number of carboxylic acids is 1. The molecule has 1 aromatic carbocycles. The minimum Gasteiger partial charge on any atom is -0.481 e. The van der Waals surface area contributed by atoms with Crippen LogP contribution in [-0.4, -0.2) is 23.5 Å². The number of carbonyl (C=O) groups is 2. The van der Waals surface area contributed by atoms with Gasteiger partial charge in [0, 0.05) is 23.6 Å². The van der Waals surface area contributed by atoms with E-state index in [-0.39, 0.29) is 12.3 Å². The van der Waals surface area contributed by atoms with Crippen molar-refractivity contribution >= 4 is 23.5 Å². The third-order valence-corrected chi connectivity index (χ3v) is 2.95. The maximum atomic E-state index is 11.7. The molecule has 1 rings (SSSR count). The van der Waals surface area contributed by atoms with Crippen molar-refractivity contribution in [1.82, 2.24) is 5.32 Å². The molecule has 0 spiro atoms. The van der Waals surface area contributed by atoms with Gasteiger partial charge in [-0.2, -0.15) is 0 Å². The summed E-state index contributed by atoms with van der Waals surface area (Å²) in [5.41, 5.74) is 1.42. The van der Waals surface area contributed by atoms with Crippen LogP contribution >= 0.6 is 11.6 Å². The van der Waals surface area contributed by atoms with Crippen molar-refractivity contribution in [2.75, 3.05) is 6.54 Å². The first-order valence-corrected chi connectivity index (χ1v) is 6.14. The highest BCUT2D eigenvalue weighted by Gasteiger charge is 2.06. The number of carbonyl (C=O) groups excluding carboxylic acids is 1. The molecule has 1 aromatic rings. The molecule has 0 unspecified atom stereocenters. The Kier molecular flexibility index (Phi) is 5.65. The van der Waals surface area contributed by atoms with Crippen molar-refractivity contribution in [3.05, 3.63) is 34.3 Å². The summed E-state index contributed by atoms with van der Waals surface area (Å²) in [6.07, 6.45) is 1.36.